The molecular weight excluding hydrogens is 246 g/mol. The second-order valence-corrected chi connectivity index (χ2v) is 6.09. The summed E-state index contributed by atoms with van der Waals surface area (Å²) in [5.41, 5.74) is -1.93. The average Bonchev–Trinajstić information content (AvgIpc) is 2.40. The molecule has 1 fully saturated rings. The van der Waals surface area contributed by atoms with Gasteiger partial charge in [0.25, 0.3) is 0 Å². The Morgan fingerprint density at radius 3 is 2.41 bits per heavy atom. The first kappa shape index (κ1) is 14.1. The van der Waals surface area contributed by atoms with Gasteiger partial charge in [-0.25, -0.2) is 9.59 Å². The zero-order valence-corrected chi connectivity index (χ0v) is 11.2. The second kappa shape index (κ2) is 4.37. The quantitative estimate of drug-likeness (QED) is 0.736. The number of carbonyl (C=O) groups is 2. The lowest BCUT2D eigenvalue weighted by Gasteiger charge is -2.32. The van der Waals surface area contributed by atoms with Gasteiger partial charge in [0, 0.05) is 6.54 Å². The molecule has 1 N–H and O–H groups in total. The molecule has 0 bridgehead atoms. The molecule has 0 aromatic rings. The molecule has 1 aliphatic heterocycles. The van der Waals surface area contributed by atoms with E-state index in [2.05, 4.69) is 0 Å². The maximum absolute atomic E-state index is 11.9. The molecule has 1 amide bonds. The summed E-state index contributed by atoms with van der Waals surface area (Å²) in [6.07, 6.45) is -0.408. The normalized spacial score (nSPS) is 29.2. The van der Waals surface area contributed by atoms with E-state index < -0.39 is 23.2 Å². The number of halogens is 1. The average molecular weight is 264 g/mol. The maximum Gasteiger partial charge on any atom is 0.411 e. The van der Waals surface area contributed by atoms with Gasteiger partial charge >= 0.3 is 12.1 Å². The number of carboxylic acids is 1. The van der Waals surface area contributed by atoms with E-state index in [1.807, 2.05) is 0 Å². The predicted molar refractivity (Wildman–Crippen MR) is 63.2 cm³/mol. The molecule has 1 rings (SSSR count). The molecule has 0 aromatic carbocycles. The molecule has 0 aliphatic carbocycles. The molecule has 0 saturated carbocycles. The highest BCUT2D eigenvalue weighted by Crippen LogP contribution is 2.33. The van der Waals surface area contributed by atoms with Crippen LogP contribution in [-0.2, 0) is 9.53 Å². The van der Waals surface area contributed by atoms with Crippen LogP contribution in [0.5, 0.6) is 0 Å². The molecule has 5 nitrogen and oxygen atoms in total. The number of ether oxygens (including phenoxy) is 1. The van der Waals surface area contributed by atoms with Gasteiger partial charge in [0.2, 0.25) is 0 Å². The van der Waals surface area contributed by atoms with Crippen LogP contribution in [-0.4, -0.2) is 45.1 Å². The number of carboxylic acid groups (broad SMARTS) is 1. The van der Waals surface area contributed by atoms with E-state index in [1.54, 1.807) is 20.8 Å². The van der Waals surface area contributed by atoms with Gasteiger partial charge in [0.1, 0.15) is 11.1 Å². The second-order valence-electron chi connectivity index (χ2n) is 5.47. The molecule has 1 saturated heterocycles. The minimum atomic E-state index is -1.28. The molecule has 1 aliphatic rings. The van der Waals surface area contributed by atoms with Crippen LogP contribution in [0.4, 0.5) is 4.79 Å². The number of aliphatic carboxylic acids is 1. The minimum Gasteiger partial charge on any atom is -0.480 e. The summed E-state index contributed by atoms with van der Waals surface area (Å²) in [7, 11) is 0. The molecule has 98 valence electrons. The summed E-state index contributed by atoms with van der Waals surface area (Å²) in [6.45, 7) is 6.88. The van der Waals surface area contributed by atoms with Crippen molar-refractivity contribution >= 4 is 23.7 Å². The highest BCUT2D eigenvalue weighted by molar-refractivity contribution is 6.21. The summed E-state index contributed by atoms with van der Waals surface area (Å²) >= 11 is 5.94. The van der Waals surface area contributed by atoms with Crippen LogP contribution < -0.4 is 0 Å². The fourth-order valence-corrected chi connectivity index (χ4v) is 2.24. The Hall–Kier alpha value is -0.970. The Kier molecular flexibility index (Phi) is 3.62. The molecule has 2 atom stereocenters. The lowest BCUT2D eigenvalue weighted by Crippen LogP contribution is -2.52. The van der Waals surface area contributed by atoms with Crippen molar-refractivity contribution in [2.75, 3.05) is 6.54 Å². The van der Waals surface area contributed by atoms with E-state index in [1.165, 1.54) is 11.8 Å². The molecule has 0 radical (unpaired) electrons. The van der Waals surface area contributed by atoms with Gasteiger partial charge in [-0.2, -0.15) is 0 Å². The van der Waals surface area contributed by atoms with E-state index in [0.717, 1.165) is 0 Å². The monoisotopic (exact) mass is 263 g/mol. The Labute approximate surface area is 106 Å². The van der Waals surface area contributed by atoms with Gasteiger partial charge in [-0.3, -0.25) is 4.90 Å². The Morgan fingerprint density at radius 1 is 1.47 bits per heavy atom. The van der Waals surface area contributed by atoms with Crippen molar-refractivity contribution in [2.24, 2.45) is 0 Å². The van der Waals surface area contributed by atoms with Gasteiger partial charge in [0.15, 0.2) is 0 Å². The van der Waals surface area contributed by atoms with Crippen molar-refractivity contribution in [3.63, 3.8) is 0 Å². The van der Waals surface area contributed by atoms with Crippen molar-refractivity contribution in [3.8, 4) is 0 Å². The van der Waals surface area contributed by atoms with Crippen molar-refractivity contribution in [1.29, 1.82) is 0 Å². The molecule has 0 aromatic heterocycles. The van der Waals surface area contributed by atoms with Crippen molar-refractivity contribution in [1.82, 2.24) is 4.90 Å². The van der Waals surface area contributed by atoms with Crippen LogP contribution in [0.25, 0.3) is 0 Å². The largest absolute Gasteiger partial charge is 0.480 e. The fourth-order valence-electron chi connectivity index (χ4n) is 1.80. The van der Waals surface area contributed by atoms with Crippen LogP contribution in [0.15, 0.2) is 0 Å². The number of nitrogens with zero attached hydrogens (tertiary/aromatic N) is 1. The van der Waals surface area contributed by atoms with Gasteiger partial charge in [-0.15, -0.1) is 11.6 Å². The number of likely N-dealkylation sites (tertiary alicyclic amines) is 1. The van der Waals surface area contributed by atoms with E-state index in [-0.39, 0.29) is 18.3 Å². The van der Waals surface area contributed by atoms with Crippen LogP contribution in [0.2, 0.25) is 0 Å². The van der Waals surface area contributed by atoms with Gasteiger partial charge in [-0.1, -0.05) is 0 Å². The summed E-state index contributed by atoms with van der Waals surface area (Å²) in [4.78, 5) is 24.3. The number of alkyl halides is 1. The zero-order chi connectivity index (χ0) is 13.4. The Morgan fingerprint density at radius 2 is 2.00 bits per heavy atom. The summed E-state index contributed by atoms with van der Waals surface area (Å²) in [6, 6.07) is 0. The van der Waals surface area contributed by atoms with E-state index in [9.17, 15) is 14.7 Å². The molecule has 2 unspecified atom stereocenters. The number of carbonyl (C=O) groups excluding carboxylic acids is 1. The zero-order valence-electron chi connectivity index (χ0n) is 10.5. The first-order valence-corrected chi connectivity index (χ1v) is 5.88. The smallest absolute Gasteiger partial charge is 0.411 e. The first-order valence-electron chi connectivity index (χ1n) is 5.44. The Balaban J connectivity index is 2.88. The summed E-state index contributed by atoms with van der Waals surface area (Å²) < 4.78 is 5.18. The van der Waals surface area contributed by atoms with E-state index in [4.69, 9.17) is 16.3 Å². The van der Waals surface area contributed by atoms with Crippen LogP contribution in [0.3, 0.4) is 0 Å². The lowest BCUT2D eigenvalue weighted by atomic mass is 10.00. The number of amides is 1. The first-order chi connectivity index (χ1) is 7.56. The molecular formula is C11H18ClNO4. The predicted octanol–water partition coefficient (Wildman–Crippen LogP) is 2.08. The SMILES string of the molecule is CC(C)(C)OC(=O)N1CC(Cl)CC1(C)C(=O)O. The molecule has 17 heavy (non-hydrogen) atoms. The minimum absolute atomic E-state index is 0.194. The third-order valence-electron chi connectivity index (χ3n) is 2.67. The molecule has 0 spiro atoms. The van der Waals surface area contributed by atoms with Crippen molar-refractivity contribution in [2.45, 2.75) is 50.6 Å². The summed E-state index contributed by atoms with van der Waals surface area (Å²) in [5, 5.41) is 8.84. The number of hydrogen-bond donors (Lipinski definition) is 1. The molecule has 1 heterocycles. The highest BCUT2D eigenvalue weighted by Gasteiger charge is 2.51. The summed E-state index contributed by atoms with van der Waals surface area (Å²) in [5.74, 6) is -1.06. The Bertz CT molecular complexity index is 339. The highest BCUT2D eigenvalue weighted by atomic mass is 35.5. The van der Waals surface area contributed by atoms with Gasteiger partial charge in [0.05, 0.1) is 5.38 Å². The van der Waals surface area contributed by atoms with Crippen LogP contribution >= 0.6 is 11.6 Å². The fraction of sp³-hybridized carbons (Fsp3) is 0.818. The van der Waals surface area contributed by atoms with E-state index >= 15 is 0 Å². The number of rotatable bonds is 1. The third kappa shape index (κ3) is 3.03. The molecule has 6 heteroatoms. The topological polar surface area (TPSA) is 66.8 Å². The van der Waals surface area contributed by atoms with Crippen LogP contribution in [0, 0.1) is 0 Å². The lowest BCUT2D eigenvalue weighted by molar-refractivity contribution is -0.148. The van der Waals surface area contributed by atoms with Gasteiger partial charge < -0.3 is 9.84 Å². The third-order valence-corrected chi connectivity index (χ3v) is 2.96. The van der Waals surface area contributed by atoms with Crippen LogP contribution in [0.1, 0.15) is 34.1 Å². The van der Waals surface area contributed by atoms with Crippen molar-refractivity contribution in [3.05, 3.63) is 0 Å². The van der Waals surface area contributed by atoms with Crippen molar-refractivity contribution < 1.29 is 19.4 Å². The maximum atomic E-state index is 11.9. The standard InChI is InChI=1S/C11H18ClNO4/c1-10(2,3)17-9(16)13-6-7(12)5-11(13,4)8(14)15/h7H,5-6H2,1-4H3,(H,14,15). The number of hydrogen-bond acceptors (Lipinski definition) is 3. The van der Waals surface area contributed by atoms with E-state index in [0.29, 0.717) is 0 Å². The van der Waals surface area contributed by atoms with Gasteiger partial charge in [-0.05, 0) is 34.1 Å².